The van der Waals surface area contributed by atoms with E-state index in [4.69, 9.17) is 78.3 Å². The van der Waals surface area contributed by atoms with E-state index in [9.17, 15) is 28.8 Å². The van der Waals surface area contributed by atoms with Gasteiger partial charge in [-0.2, -0.15) is 0 Å². The van der Waals surface area contributed by atoms with Gasteiger partial charge in [-0.25, -0.2) is 44.3 Å². The molecule has 5 amide bonds. The Morgan fingerprint density at radius 3 is 1.40 bits per heavy atom. The summed E-state index contributed by atoms with van der Waals surface area (Å²) >= 11 is 27.9. The summed E-state index contributed by atoms with van der Waals surface area (Å²) in [7, 11) is 0. The average Bonchev–Trinajstić information content (AvgIpc) is 0.857. The molecule has 99 heavy (non-hydrogen) atoms. The van der Waals surface area contributed by atoms with Crippen molar-refractivity contribution in [3.05, 3.63) is 172 Å². The van der Waals surface area contributed by atoms with Crippen molar-refractivity contribution in [2.45, 2.75) is 129 Å². The smallest absolute Gasteiger partial charge is 0.410 e. The van der Waals surface area contributed by atoms with E-state index in [0.29, 0.717) is 86.5 Å². The lowest BCUT2D eigenvalue weighted by Crippen LogP contribution is -2.47. The van der Waals surface area contributed by atoms with Gasteiger partial charge in [0.2, 0.25) is 11.8 Å². The first kappa shape index (κ1) is 83.5. The molecule has 4 aromatic heterocycles. The van der Waals surface area contributed by atoms with Gasteiger partial charge in [-0.15, -0.1) is 12.4 Å². The average molecular weight is 1490 g/mol. The molecule has 0 spiro atoms. The van der Waals surface area contributed by atoms with Crippen molar-refractivity contribution in [3.8, 4) is 0 Å². The molecule has 4 atom stereocenters. The van der Waals surface area contributed by atoms with Crippen LogP contribution >= 0.6 is 70.4 Å². The van der Waals surface area contributed by atoms with Crippen LogP contribution < -0.4 is 27.0 Å². The Morgan fingerprint density at radius 2 is 0.980 bits per heavy atom. The fourth-order valence-electron chi connectivity index (χ4n) is 9.94. The number of carbonyl (C=O) groups is 6. The van der Waals surface area contributed by atoms with Crippen molar-refractivity contribution in [2.75, 3.05) is 68.3 Å². The van der Waals surface area contributed by atoms with E-state index < -0.39 is 17.2 Å². The third kappa shape index (κ3) is 33.7. The number of aromatic nitrogens is 8. The van der Waals surface area contributed by atoms with E-state index >= 15 is 0 Å². The van der Waals surface area contributed by atoms with Crippen LogP contribution in [0.15, 0.2) is 123 Å². The van der Waals surface area contributed by atoms with Crippen molar-refractivity contribution >= 4 is 123 Å². The number of likely N-dealkylation sites (tertiary alicyclic amines) is 3. The van der Waals surface area contributed by atoms with Crippen LogP contribution in [0.1, 0.15) is 125 Å². The fraction of sp³-hybridized carbons (Fsp3) is 0.441. The van der Waals surface area contributed by atoms with E-state index in [2.05, 4.69) is 74.3 Å². The van der Waals surface area contributed by atoms with Gasteiger partial charge in [-0.05, 0) is 191 Å². The molecule has 10 rings (SSSR count). The molecular formula is C68H88Cl6N16O9. The molecule has 0 saturated carbocycles. The van der Waals surface area contributed by atoms with Gasteiger partial charge in [-0.1, -0.05) is 71.2 Å². The molecule has 25 nitrogen and oxygen atoms in total. The summed E-state index contributed by atoms with van der Waals surface area (Å²) in [6, 6.07) is 12.9. The van der Waals surface area contributed by atoms with Crippen molar-refractivity contribution in [3.63, 3.8) is 0 Å². The normalized spacial score (nSPS) is 17.1. The lowest BCUT2D eigenvalue weighted by molar-refractivity contribution is -0.112. The summed E-state index contributed by atoms with van der Waals surface area (Å²) in [5, 5.41) is 22.4. The number of nitrogens with two attached hydrogens (primary N) is 1. The predicted molar refractivity (Wildman–Crippen MR) is 389 cm³/mol. The van der Waals surface area contributed by atoms with E-state index in [0.717, 1.165) is 95.0 Å². The number of carbonyl (C=O) groups excluding carboxylic acids is 5. The monoisotopic (exact) mass is 1480 g/mol. The van der Waals surface area contributed by atoms with Gasteiger partial charge in [-0.3, -0.25) is 24.4 Å². The Balaban J connectivity index is 0.000000261. The first-order chi connectivity index (χ1) is 46.5. The number of halogens is 6. The number of benzene rings is 2. The molecule has 0 unspecified atom stereocenters. The highest BCUT2D eigenvalue weighted by Crippen LogP contribution is 2.24. The minimum Gasteiger partial charge on any atom is -0.478 e. The third-order valence-corrected chi connectivity index (χ3v) is 15.4. The Hall–Kier alpha value is -7.88. The Kier molecular flexibility index (Phi) is 36.2. The van der Waals surface area contributed by atoms with Gasteiger partial charge in [0.25, 0.3) is 5.91 Å². The van der Waals surface area contributed by atoms with Crippen LogP contribution in [0.25, 0.3) is 0 Å². The van der Waals surface area contributed by atoms with Gasteiger partial charge < -0.3 is 56.3 Å². The summed E-state index contributed by atoms with van der Waals surface area (Å²) < 4.78 is 10.7. The molecule has 536 valence electrons. The molecule has 4 aliphatic heterocycles. The molecular weight excluding hydrogens is 1400 g/mol. The molecule has 0 radical (unpaired) electrons. The van der Waals surface area contributed by atoms with Crippen LogP contribution in [0.4, 0.5) is 26.8 Å². The maximum atomic E-state index is 12.8. The lowest BCUT2D eigenvalue weighted by atomic mass is 9.94. The van der Waals surface area contributed by atoms with Crippen molar-refractivity contribution in [2.24, 2.45) is 17.6 Å². The van der Waals surface area contributed by atoms with Gasteiger partial charge in [0.05, 0.1) is 66.5 Å². The molecule has 2 aromatic carbocycles. The minimum absolute atomic E-state index is 0. The van der Waals surface area contributed by atoms with Crippen LogP contribution in [0, 0.1) is 11.8 Å². The Bertz CT molecular complexity index is 3460. The van der Waals surface area contributed by atoms with Gasteiger partial charge >= 0.3 is 18.2 Å². The molecule has 4 saturated heterocycles. The number of nitrogens with zero attached hydrogens (tertiary/aromatic N) is 11. The number of piperidine rings is 4. The maximum Gasteiger partial charge on any atom is 0.410 e. The standard InChI is InChI=1S/C19H20ClN5O2.C15H22ClN3O2.C10H14ClN3.C10H20N2O2.C10H9NO3.C4H2Cl2N2.ClH/c1-2-18(26)24-14-7-5-13(6-8-14)19(27)25-9-3-4-15(12-25)23-17-11-21-16(20)10-22-17;1-15(2,3)21-14(20)19-6-4-5-11(10-19)7-12-8-18-13(16)9-17-12;11-10-7-13-9(6-14-10)4-8-2-1-3-12-5-8;1-10(2,3)14-9(13)12-6-4-5-8(11)7-12;1-2-9(12)11-8-5-3-7(4-6-8)10(13)14;5-3-1-7-4(6)2-8-3;/h2,5-8,10-11,15H,1,3-4,9,12H2,(H,22,23)(H,24,26);8-9,11H,4-7,10H2,1-3H3;6-8,12H,1-5H2;8H,4-7,11H2,1-3H3;2-6H,1H2,(H,11,12)(H,13,14);1-2H;1H/t15-;11-;2*8-;;;/m1001.../s1. The number of nitrogens with one attached hydrogen (secondary N) is 4. The third-order valence-electron chi connectivity index (χ3n) is 14.5. The molecule has 8 heterocycles. The highest BCUT2D eigenvalue weighted by molar-refractivity contribution is 6.31. The minimum atomic E-state index is -0.994. The van der Waals surface area contributed by atoms with E-state index in [1.165, 1.54) is 61.8 Å². The molecule has 4 fully saturated rings. The summed E-state index contributed by atoms with van der Waals surface area (Å²) in [6.07, 6.45) is 24.7. The molecule has 6 aromatic rings. The number of hydrogen-bond acceptors (Lipinski definition) is 19. The quantitative estimate of drug-likeness (QED) is 0.0620. The topological polar surface area (TPSA) is 328 Å². The number of ether oxygens (including phenoxy) is 2. The Labute approximate surface area is 609 Å². The SMILES string of the molecule is C=CC(=O)Nc1ccc(C(=O)N2CCC[C@@H](Nc3cnc(Cl)cn3)C2)cc1.C=CC(=O)Nc1ccc(C(=O)O)cc1.CC(C)(C)OC(=O)N1CCC[C@@H](Cc2cnc(Cl)cn2)C1.CC(C)(C)OC(=O)N1CCC[C@@H](N)C1.Cl.Clc1cnc(C[C@@H]2CCCNC2)cn1.Clc1cnc(Cl)cn1. The van der Waals surface area contributed by atoms with Crippen molar-refractivity contribution in [1.29, 1.82) is 0 Å². The number of rotatable bonds is 12. The lowest BCUT2D eigenvalue weighted by Gasteiger charge is -2.34. The maximum absolute atomic E-state index is 12.8. The van der Waals surface area contributed by atoms with Crippen LogP contribution in [0.5, 0.6) is 0 Å². The molecule has 7 N–H and O–H groups in total. The zero-order chi connectivity index (χ0) is 71.8. The van der Waals surface area contributed by atoms with E-state index in [1.54, 1.807) is 65.0 Å². The molecule has 31 heteroatoms. The van der Waals surface area contributed by atoms with Crippen LogP contribution in [0.2, 0.25) is 25.8 Å². The molecule has 4 aliphatic rings. The van der Waals surface area contributed by atoms with Gasteiger partial charge in [0.15, 0.2) is 0 Å². The number of hydrogen-bond donors (Lipinski definition) is 6. The first-order valence-corrected chi connectivity index (χ1v) is 33.7. The number of anilines is 3. The highest BCUT2D eigenvalue weighted by atomic mass is 35.5. The van der Waals surface area contributed by atoms with Crippen molar-refractivity contribution in [1.82, 2.24) is 59.9 Å². The van der Waals surface area contributed by atoms with Gasteiger partial charge in [0.1, 0.15) is 42.8 Å². The predicted octanol–water partition coefficient (Wildman–Crippen LogP) is 13.0. The summed E-state index contributed by atoms with van der Waals surface area (Å²) in [4.78, 5) is 107. The fourth-order valence-corrected chi connectivity index (χ4v) is 10.4. The second-order valence-electron chi connectivity index (χ2n) is 25.0. The van der Waals surface area contributed by atoms with Crippen LogP contribution in [-0.2, 0) is 31.9 Å². The number of amides is 5. The summed E-state index contributed by atoms with van der Waals surface area (Å²) in [5.41, 5.74) is 8.79. The van der Waals surface area contributed by atoms with Crippen LogP contribution in [0.3, 0.4) is 0 Å². The number of aromatic carboxylic acids is 1. The summed E-state index contributed by atoms with van der Waals surface area (Å²) in [5.74, 6) is 0.0938. The Morgan fingerprint density at radius 1 is 0.556 bits per heavy atom. The van der Waals surface area contributed by atoms with Gasteiger partial charge in [0, 0.05) is 68.3 Å². The number of carboxylic acid groups (broad SMARTS) is 1. The zero-order valence-corrected chi connectivity index (χ0v) is 60.9. The summed E-state index contributed by atoms with van der Waals surface area (Å²) in [6.45, 7) is 24.4. The highest BCUT2D eigenvalue weighted by Gasteiger charge is 2.30. The van der Waals surface area contributed by atoms with Crippen LogP contribution in [-0.4, -0.2) is 171 Å². The van der Waals surface area contributed by atoms with E-state index in [-0.39, 0.29) is 60.0 Å². The largest absolute Gasteiger partial charge is 0.478 e. The van der Waals surface area contributed by atoms with Crippen molar-refractivity contribution < 1.29 is 43.3 Å². The molecule has 0 bridgehead atoms. The second kappa shape index (κ2) is 42.9. The molecule has 0 aliphatic carbocycles. The first-order valence-electron chi connectivity index (χ1n) is 31.8. The second-order valence-corrected chi connectivity index (χ2v) is 26.9. The number of carboxylic acids is 1. The van der Waals surface area contributed by atoms with E-state index in [1.807, 2.05) is 46.4 Å². The zero-order valence-electron chi connectivity index (χ0n) is 56.4.